The van der Waals surface area contributed by atoms with Crippen LogP contribution in [0.3, 0.4) is 0 Å². The van der Waals surface area contributed by atoms with Gasteiger partial charge in [0.2, 0.25) is 5.88 Å². The molecule has 1 aromatic heterocycles. The SMILES string of the molecule is COc1ccc(OCC2CCNC2)cn1. The molecule has 2 heterocycles. The first-order chi connectivity index (χ1) is 7.38. The molecule has 0 saturated carbocycles. The number of pyridine rings is 1. The fourth-order valence-corrected chi connectivity index (χ4v) is 1.64. The summed E-state index contributed by atoms with van der Waals surface area (Å²) in [7, 11) is 1.60. The maximum Gasteiger partial charge on any atom is 0.213 e. The van der Waals surface area contributed by atoms with E-state index < -0.39 is 0 Å². The van der Waals surface area contributed by atoms with Gasteiger partial charge in [0.1, 0.15) is 5.75 Å². The number of nitrogens with zero attached hydrogens (tertiary/aromatic N) is 1. The van der Waals surface area contributed by atoms with E-state index in [0.717, 1.165) is 25.4 Å². The summed E-state index contributed by atoms with van der Waals surface area (Å²) in [6, 6.07) is 3.69. The van der Waals surface area contributed by atoms with Gasteiger partial charge >= 0.3 is 0 Å². The zero-order valence-electron chi connectivity index (χ0n) is 8.90. The lowest BCUT2D eigenvalue weighted by Crippen LogP contribution is -2.15. The number of nitrogens with one attached hydrogen (secondary N) is 1. The van der Waals surface area contributed by atoms with Crippen molar-refractivity contribution in [2.24, 2.45) is 5.92 Å². The number of ether oxygens (including phenoxy) is 2. The van der Waals surface area contributed by atoms with E-state index >= 15 is 0 Å². The third-order valence-electron chi connectivity index (χ3n) is 2.57. The largest absolute Gasteiger partial charge is 0.492 e. The van der Waals surface area contributed by atoms with Crippen LogP contribution in [-0.4, -0.2) is 31.8 Å². The number of aromatic nitrogens is 1. The van der Waals surface area contributed by atoms with Gasteiger partial charge in [-0.25, -0.2) is 4.98 Å². The van der Waals surface area contributed by atoms with Gasteiger partial charge in [-0.15, -0.1) is 0 Å². The molecule has 1 aliphatic rings. The molecule has 0 aromatic carbocycles. The maximum atomic E-state index is 5.63. The fourth-order valence-electron chi connectivity index (χ4n) is 1.64. The Morgan fingerprint density at radius 3 is 3.07 bits per heavy atom. The molecular formula is C11H16N2O2. The zero-order chi connectivity index (χ0) is 10.5. The predicted molar refractivity (Wildman–Crippen MR) is 57.3 cm³/mol. The third kappa shape index (κ3) is 2.83. The second-order valence-corrected chi connectivity index (χ2v) is 3.71. The molecule has 0 aliphatic carbocycles. The Bertz CT molecular complexity index is 294. The molecule has 2 rings (SSSR count). The second kappa shape index (κ2) is 4.98. The van der Waals surface area contributed by atoms with E-state index in [1.807, 2.05) is 12.1 Å². The molecule has 82 valence electrons. The van der Waals surface area contributed by atoms with E-state index in [9.17, 15) is 0 Å². The number of hydrogen-bond donors (Lipinski definition) is 1. The summed E-state index contributed by atoms with van der Waals surface area (Å²) in [5.41, 5.74) is 0. The highest BCUT2D eigenvalue weighted by molar-refractivity contribution is 5.22. The quantitative estimate of drug-likeness (QED) is 0.804. The Morgan fingerprint density at radius 2 is 2.47 bits per heavy atom. The normalized spacial score (nSPS) is 20.2. The van der Waals surface area contributed by atoms with Crippen LogP contribution in [0.2, 0.25) is 0 Å². The van der Waals surface area contributed by atoms with Gasteiger partial charge in [-0.1, -0.05) is 0 Å². The van der Waals surface area contributed by atoms with Gasteiger partial charge in [-0.05, 0) is 19.0 Å². The van der Waals surface area contributed by atoms with Gasteiger partial charge in [0.05, 0.1) is 19.9 Å². The van der Waals surface area contributed by atoms with E-state index in [2.05, 4.69) is 10.3 Å². The topological polar surface area (TPSA) is 43.4 Å². The smallest absolute Gasteiger partial charge is 0.213 e. The minimum Gasteiger partial charge on any atom is -0.492 e. The lowest BCUT2D eigenvalue weighted by atomic mass is 10.1. The average molecular weight is 208 g/mol. The van der Waals surface area contributed by atoms with Crippen LogP contribution in [0, 0.1) is 5.92 Å². The summed E-state index contributed by atoms with van der Waals surface area (Å²) < 4.78 is 10.6. The van der Waals surface area contributed by atoms with Crippen molar-refractivity contribution in [3.05, 3.63) is 18.3 Å². The molecule has 4 nitrogen and oxygen atoms in total. The molecule has 0 spiro atoms. The Morgan fingerprint density at radius 1 is 1.53 bits per heavy atom. The van der Waals surface area contributed by atoms with Crippen molar-refractivity contribution < 1.29 is 9.47 Å². The standard InChI is InChI=1S/C11H16N2O2/c1-14-11-3-2-10(7-13-11)15-8-9-4-5-12-6-9/h2-3,7,9,12H,4-6,8H2,1H3. The van der Waals surface area contributed by atoms with Crippen LogP contribution in [0.1, 0.15) is 6.42 Å². The van der Waals surface area contributed by atoms with E-state index in [0.29, 0.717) is 11.8 Å². The van der Waals surface area contributed by atoms with Crippen molar-refractivity contribution in [3.63, 3.8) is 0 Å². The Kier molecular flexibility index (Phi) is 3.40. The maximum absolute atomic E-state index is 5.63. The predicted octanol–water partition coefficient (Wildman–Crippen LogP) is 1.08. The Hall–Kier alpha value is -1.29. The van der Waals surface area contributed by atoms with Gasteiger partial charge in [0.25, 0.3) is 0 Å². The molecule has 1 N–H and O–H groups in total. The van der Waals surface area contributed by atoms with Crippen LogP contribution in [-0.2, 0) is 0 Å². The molecular weight excluding hydrogens is 192 g/mol. The molecule has 1 atom stereocenters. The molecule has 0 amide bonds. The van der Waals surface area contributed by atoms with Crippen molar-refractivity contribution in [3.8, 4) is 11.6 Å². The molecule has 1 unspecified atom stereocenters. The summed E-state index contributed by atoms with van der Waals surface area (Å²) in [5.74, 6) is 2.06. The highest BCUT2D eigenvalue weighted by atomic mass is 16.5. The van der Waals surface area contributed by atoms with Gasteiger partial charge in [0, 0.05) is 18.5 Å². The number of hydrogen-bond acceptors (Lipinski definition) is 4. The van der Waals surface area contributed by atoms with Gasteiger partial charge in [0.15, 0.2) is 0 Å². The minimum absolute atomic E-state index is 0.616. The van der Waals surface area contributed by atoms with Gasteiger partial charge in [-0.3, -0.25) is 0 Å². The molecule has 0 bridgehead atoms. The Balaban J connectivity index is 1.82. The monoisotopic (exact) mass is 208 g/mol. The number of rotatable bonds is 4. The van der Waals surface area contributed by atoms with Crippen LogP contribution < -0.4 is 14.8 Å². The molecule has 1 fully saturated rings. The summed E-state index contributed by atoms with van der Waals surface area (Å²) in [6.45, 7) is 2.93. The lowest BCUT2D eigenvalue weighted by Gasteiger charge is -2.10. The van der Waals surface area contributed by atoms with Crippen LogP contribution in [0.4, 0.5) is 0 Å². The van der Waals surface area contributed by atoms with E-state index in [-0.39, 0.29) is 0 Å². The number of methoxy groups -OCH3 is 1. The molecule has 1 saturated heterocycles. The van der Waals surface area contributed by atoms with Crippen molar-refractivity contribution in [1.82, 2.24) is 10.3 Å². The second-order valence-electron chi connectivity index (χ2n) is 3.71. The van der Waals surface area contributed by atoms with Crippen molar-refractivity contribution in [2.75, 3.05) is 26.8 Å². The van der Waals surface area contributed by atoms with Crippen molar-refractivity contribution >= 4 is 0 Å². The first-order valence-corrected chi connectivity index (χ1v) is 5.22. The van der Waals surface area contributed by atoms with Gasteiger partial charge in [-0.2, -0.15) is 0 Å². The third-order valence-corrected chi connectivity index (χ3v) is 2.57. The average Bonchev–Trinajstić information content (AvgIpc) is 2.80. The highest BCUT2D eigenvalue weighted by Gasteiger charge is 2.14. The first kappa shape index (κ1) is 10.2. The lowest BCUT2D eigenvalue weighted by molar-refractivity contribution is 0.258. The van der Waals surface area contributed by atoms with E-state index in [4.69, 9.17) is 9.47 Å². The van der Waals surface area contributed by atoms with Gasteiger partial charge < -0.3 is 14.8 Å². The van der Waals surface area contributed by atoms with E-state index in [1.165, 1.54) is 6.42 Å². The molecule has 15 heavy (non-hydrogen) atoms. The van der Waals surface area contributed by atoms with Crippen molar-refractivity contribution in [1.29, 1.82) is 0 Å². The van der Waals surface area contributed by atoms with Crippen LogP contribution in [0.15, 0.2) is 18.3 Å². The zero-order valence-corrected chi connectivity index (χ0v) is 8.90. The molecule has 0 radical (unpaired) electrons. The van der Waals surface area contributed by atoms with Crippen molar-refractivity contribution in [2.45, 2.75) is 6.42 Å². The molecule has 1 aromatic rings. The molecule has 4 heteroatoms. The van der Waals surface area contributed by atoms with Crippen LogP contribution >= 0.6 is 0 Å². The van der Waals surface area contributed by atoms with Crippen LogP contribution in [0.5, 0.6) is 11.6 Å². The highest BCUT2D eigenvalue weighted by Crippen LogP contribution is 2.15. The van der Waals surface area contributed by atoms with E-state index in [1.54, 1.807) is 13.3 Å². The summed E-state index contributed by atoms with van der Waals surface area (Å²) in [5, 5.41) is 3.31. The summed E-state index contributed by atoms with van der Waals surface area (Å²) >= 11 is 0. The first-order valence-electron chi connectivity index (χ1n) is 5.22. The minimum atomic E-state index is 0.616. The fraction of sp³-hybridized carbons (Fsp3) is 0.545. The van der Waals surface area contributed by atoms with Crippen LogP contribution in [0.25, 0.3) is 0 Å². The Labute approximate surface area is 89.6 Å². The summed E-state index contributed by atoms with van der Waals surface area (Å²) in [6.07, 6.45) is 2.89. The molecule has 1 aliphatic heterocycles. The summed E-state index contributed by atoms with van der Waals surface area (Å²) in [4.78, 5) is 4.08.